The molecule has 204 valence electrons. The Bertz CT molecular complexity index is 1500. The van der Waals surface area contributed by atoms with Crippen molar-refractivity contribution in [3.8, 4) is 11.5 Å². The third kappa shape index (κ3) is 6.44. The Balaban J connectivity index is 1.45. The number of ether oxygens (including phenoxy) is 2. The number of carbonyl (C=O) groups is 1. The number of amides is 1. The predicted octanol–water partition coefficient (Wildman–Crippen LogP) is 7.10. The Hall–Kier alpha value is -4.35. The second-order valence-corrected chi connectivity index (χ2v) is 10.7. The minimum absolute atomic E-state index is 0.0643. The predicted molar refractivity (Wildman–Crippen MR) is 160 cm³/mol. The van der Waals surface area contributed by atoms with Gasteiger partial charge in [-0.15, -0.1) is 0 Å². The molecule has 0 atom stereocenters. The van der Waals surface area contributed by atoms with Crippen molar-refractivity contribution < 1.29 is 14.3 Å². The summed E-state index contributed by atoms with van der Waals surface area (Å²) in [6, 6.07) is 30.2. The van der Waals surface area contributed by atoms with Gasteiger partial charge in [-0.3, -0.25) is 4.79 Å². The highest BCUT2D eigenvalue weighted by atomic mass is 16.5. The van der Waals surface area contributed by atoms with E-state index >= 15 is 0 Å². The van der Waals surface area contributed by atoms with Gasteiger partial charge >= 0.3 is 0 Å². The summed E-state index contributed by atoms with van der Waals surface area (Å²) < 4.78 is 12.6. The number of hydrogen-bond donors (Lipinski definition) is 0. The molecule has 1 heterocycles. The Morgan fingerprint density at radius 1 is 0.750 bits per heavy atom. The fourth-order valence-electron chi connectivity index (χ4n) is 5.00. The van der Waals surface area contributed by atoms with E-state index in [1.807, 2.05) is 84.6 Å². The van der Waals surface area contributed by atoms with E-state index in [4.69, 9.17) is 9.47 Å². The van der Waals surface area contributed by atoms with E-state index in [1.54, 1.807) is 0 Å². The van der Waals surface area contributed by atoms with Crippen LogP contribution in [0.25, 0.3) is 5.57 Å². The Kier molecular flexibility index (Phi) is 8.32. The van der Waals surface area contributed by atoms with Crippen molar-refractivity contribution in [2.45, 2.75) is 39.8 Å². The average Bonchev–Trinajstić information content (AvgIpc) is 3.38. The van der Waals surface area contributed by atoms with Crippen molar-refractivity contribution >= 4 is 11.5 Å². The molecule has 0 saturated carbocycles. The topological polar surface area (TPSA) is 42.0 Å². The van der Waals surface area contributed by atoms with E-state index in [-0.39, 0.29) is 5.91 Å². The first-order chi connectivity index (χ1) is 19.4. The molecule has 1 aliphatic rings. The smallest absolute Gasteiger partial charge is 0.258 e. The highest BCUT2D eigenvalue weighted by molar-refractivity contribution is 5.98. The first kappa shape index (κ1) is 27.2. The number of fused-ring (bicyclic) bond motifs is 1. The molecule has 1 aliphatic heterocycles. The van der Waals surface area contributed by atoms with Gasteiger partial charge in [0.2, 0.25) is 0 Å². The molecule has 0 unspecified atom stereocenters. The summed E-state index contributed by atoms with van der Waals surface area (Å²) >= 11 is 0. The minimum Gasteiger partial charge on any atom is -0.488 e. The Morgan fingerprint density at radius 3 is 1.90 bits per heavy atom. The van der Waals surface area contributed by atoms with Crippen molar-refractivity contribution in [1.29, 1.82) is 0 Å². The normalized spacial score (nSPS) is 12.3. The maximum Gasteiger partial charge on any atom is 0.258 e. The van der Waals surface area contributed by atoms with E-state index in [0.29, 0.717) is 43.4 Å². The number of nitrogens with zero attached hydrogens (tertiary/aromatic N) is 2. The highest BCUT2D eigenvalue weighted by Crippen LogP contribution is 2.36. The van der Waals surface area contributed by atoms with E-state index in [9.17, 15) is 4.79 Å². The molecule has 0 radical (unpaired) electrons. The third-order valence-electron chi connectivity index (χ3n) is 7.03. The molecule has 1 amide bonds. The van der Waals surface area contributed by atoms with Gasteiger partial charge in [-0.05, 0) is 60.5 Å². The van der Waals surface area contributed by atoms with E-state index in [2.05, 4.69) is 43.8 Å². The third-order valence-corrected chi connectivity index (χ3v) is 7.03. The van der Waals surface area contributed by atoms with Gasteiger partial charge in [0.15, 0.2) is 0 Å². The zero-order valence-electron chi connectivity index (χ0n) is 23.5. The first-order valence-electron chi connectivity index (χ1n) is 13.6. The van der Waals surface area contributed by atoms with Gasteiger partial charge in [0.05, 0.1) is 5.56 Å². The zero-order valence-corrected chi connectivity index (χ0v) is 23.5. The van der Waals surface area contributed by atoms with Crippen LogP contribution in [-0.4, -0.2) is 29.8 Å². The van der Waals surface area contributed by atoms with E-state index in [0.717, 1.165) is 28.8 Å². The molecule has 0 aliphatic carbocycles. The summed E-state index contributed by atoms with van der Waals surface area (Å²) in [6.45, 7) is 8.87. The molecular formula is C35H36N2O3. The van der Waals surface area contributed by atoms with Crippen LogP contribution in [0.1, 0.15) is 50.7 Å². The molecule has 4 aromatic rings. The monoisotopic (exact) mass is 532 g/mol. The number of rotatable bonds is 10. The number of carbonyl (C=O) groups excluding carboxylic acids is 1. The standard InChI is InChI=1S/C35H36N2O3/c1-25(2)31-18-32(35(38)37-21-29-16-15-28(20-36(3)4)17-30(29)22-37)34(40-24-27-13-9-6-10-14-27)19-33(31)39-23-26-11-7-5-8-12-26/h5-19H,1,20-24H2,2-4H3. The minimum atomic E-state index is -0.0643. The first-order valence-corrected chi connectivity index (χ1v) is 13.6. The fourth-order valence-corrected chi connectivity index (χ4v) is 5.00. The van der Waals surface area contributed by atoms with Crippen molar-refractivity contribution in [3.05, 3.63) is 137 Å². The van der Waals surface area contributed by atoms with Gasteiger partial charge in [0.1, 0.15) is 24.7 Å². The molecule has 40 heavy (non-hydrogen) atoms. The van der Waals surface area contributed by atoms with E-state index < -0.39 is 0 Å². The van der Waals surface area contributed by atoms with Crippen molar-refractivity contribution in [2.24, 2.45) is 0 Å². The van der Waals surface area contributed by atoms with Crippen LogP contribution in [0, 0.1) is 0 Å². The van der Waals surface area contributed by atoms with Gasteiger partial charge in [0.25, 0.3) is 5.91 Å². The molecule has 5 heteroatoms. The lowest BCUT2D eigenvalue weighted by atomic mass is 10.0. The maximum absolute atomic E-state index is 14.0. The Labute approximate surface area is 237 Å². The average molecular weight is 533 g/mol. The highest BCUT2D eigenvalue weighted by Gasteiger charge is 2.28. The van der Waals surface area contributed by atoms with Crippen LogP contribution >= 0.6 is 0 Å². The van der Waals surface area contributed by atoms with Crippen molar-refractivity contribution in [2.75, 3.05) is 14.1 Å². The Morgan fingerprint density at radius 2 is 1.32 bits per heavy atom. The second kappa shape index (κ2) is 12.2. The van der Waals surface area contributed by atoms with Crippen LogP contribution in [0.4, 0.5) is 0 Å². The second-order valence-electron chi connectivity index (χ2n) is 10.7. The molecule has 4 aromatic carbocycles. The van der Waals surface area contributed by atoms with Crippen LogP contribution in [0.2, 0.25) is 0 Å². The molecule has 0 bridgehead atoms. The van der Waals surface area contributed by atoms with Gasteiger partial charge in [-0.25, -0.2) is 0 Å². The quantitative estimate of drug-likeness (QED) is 0.219. The van der Waals surface area contributed by atoms with Crippen LogP contribution in [0.5, 0.6) is 11.5 Å². The fraction of sp³-hybridized carbons (Fsp3) is 0.229. The van der Waals surface area contributed by atoms with Gasteiger partial charge in [0, 0.05) is 31.3 Å². The lowest BCUT2D eigenvalue weighted by Gasteiger charge is -2.21. The van der Waals surface area contributed by atoms with Gasteiger partial charge in [-0.2, -0.15) is 0 Å². The van der Waals surface area contributed by atoms with E-state index in [1.165, 1.54) is 16.7 Å². The molecule has 0 fully saturated rings. The largest absolute Gasteiger partial charge is 0.488 e. The summed E-state index contributed by atoms with van der Waals surface area (Å²) in [6.07, 6.45) is 0. The lowest BCUT2D eigenvalue weighted by molar-refractivity contribution is 0.0746. The summed E-state index contributed by atoms with van der Waals surface area (Å²) in [4.78, 5) is 18.1. The van der Waals surface area contributed by atoms with Crippen LogP contribution < -0.4 is 9.47 Å². The summed E-state index contributed by atoms with van der Waals surface area (Å²) in [5, 5.41) is 0. The summed E-state index contributed by atoms with van der Waals surface area (Å²) in [7, 11) is 4.12. The molecule has 5 rings (SSSR count). The lowest BCUT2D eigenvalue weighted by Crippen LogP contribution is -2.26. The van der Waals surface area contributed by atoms with Crippen molar-refractivity contribution in [1.82, 2.24) is 9.80 Å². The van der Waals surface area contributed by atoms with Crippen molar-refractivity contribution in [3.63, 3.8) is 0 Å². The van der Waals surface area contributed by atoms with Gasteiger partial charge < -0.3 is 19.3 Å². The molecule has 0 N–H and O–H groups in total. The molecule has 5 nitrogen and oxygen atoms in total. The zero-order chi connectivity index (χ0) is 28.1. The molecular weight excluding hydrogens is 496 g/mol. The molecule has 0 saturated heterocycles. The molecule has 0 aromatic heterocycles. The summed E-state index contributed by atoms with van der Waals surface area (Å²) in [5.41, 5.74) is 7.86. The van der Waals surface area contributed by atoms with Crippen LogP contribution in [0.15, 0.2) is 97.6 Å². The SMILES string of the molecule is C=C(C)c1cc(C(=O)N2Cc3ccc(CN(C)C)cc3C2)c(OCc2ccccc2)cc1OCc1ccccc1. The van der Waals surface area contributed by atoms with Crippen LogP contribution in [0.3, 0.4) is 0 Å². The van der Waals surface area contributed by atoms with Crippen LogP contribution in [-0.2, 0) is 32.8 Å². The summed E-state index contributed by atoms with van der Waals surface area (Å²) in [5.74, 6) is 1.09. The number of hydrogen-bond acceptors (Lipinski definition) is 4. The van der Waals surface area contributed by atoms with Gasteiger partial charge in [-0.1, -0.05) is 85.4 Å². The maximum atomic E-state index is 14.0. The number of benzene rings is 4. The molecule has 0 spiro atoms. The number of allylic oxidation sites excluding steroid dienone is 1.